The molecule has 0 spiro atoms. The molecule has 2 atom stereocenters. The van der Waals surface area contributed by atoms with Gasteiger partial charge in [-0.25, -0.2) is 0 Å². The third-order valence-corrected chi connectivity index (χ3v) is 6.64. The number of nitrogens with one attached hydrogen (secondary N) is 1. The molecule has 4 aromatic rings. The van der Waals surface area contributed by atoms with E-state index in [4.69, 9.17) is 10.2 Å². The Morgan fingerprint density at radius 2 is 1.65 bits per heavy atom. The maximum atomic E-state index is 11.1. The van der Waals surface area contributed by atoms with E-state index in [9.17, 15) is 4.79 Å². The van der Waals surface area contributed by atoms with E-state index in [1.54, 1.807) is 0 Å². The monoisotopic (exact) mass is 451 g/mol. The third-order valence-electron chi connectivity index (χ3n) is 6.64. The summed E-state index contributed by atoms with van der Waals surface area (Å²) in [7, 11) is 4.08. The second kappa shape index (κ2) is 9.23. The molecule has 0 amide bonds. The molecule has 6 nitrogen and oxygen atoms in total. The van der Waals surface area contributed by atoms with Crippen LogP contribution in [0.3, 0.4) is 0 Å². The van der Waals surface area contributed by atoms with Crippen molar-refractivity contribution in [1.82, 2.24) is 15.5 Å². The molecule has 172 valence electrons. The molecule has 1 N–H and O–H groups in total. The van der Waals surface area contributed by atoms with Gasteiger partial charge in [0.25, 0.3) is 0 Å². The fourth-order valence-electron chi connectivity index (χ4n) is 4.83. The van der Waals surface area contributed by atoms with E-state index in [1.165, 1.54) is 0 Å². The largest absolute Gasteiger partial charge is 0.378 e. The molecule has 3 aromatic carbocycles. The third kappa shape index (κ3) is 4.01. The van der Waals surface area contributed by atoms with Crippen LogP contribution in [-0.4, -0.2) is 49.7 Å². The van der Waals surface area contributed by atoms with Gasteiger partial charge in [-0.3, -0.25) is 4.79 Å². The van der Waals surface area contributed by atoms with Crippen LogP contribution in [0.15, 0.2) is 72.8 Å². The minimum absolute atomic E-state index is 0.0124. The van der Waals surface area contributed by atoms with Crippen LogP contribution < -0.4 is 15.1 Å². The second-order valence-corrected chi connectivity index (χ2v) is 9.01. The number of piperazine rings is 1. The summed E-state index contributed by atoms with van der Waals surface area (Å²) < 4.78 is 0. The van der Waals surface area contributed by atoms with Gasteiger partial charge in [0, 0.05) is 66.5 Å². The summed E-state index contributed by atoms with van der Waals surface area (Å²) in [4.78, 5) is 15.6. The van der Waals surface area contributed by atoms with E-state index >= 15 is 0 Å². The van der Waals surface area contributed by atoms with Crippen LogP contribution in [0.1, 0.15) is 29.0 Å². The number of aldehydes is 1. The molecule has 1 aliphatic heterocycles. The van der Waals surface area contributed by atoms with Crippen molar-refractivity contribution in [3.63, 3.8) is 0 Å². The summed E-state index contributed by atoms with van der Waals surface area (Å²) >= 11 is 0. The number of fused-ring (bicyclic) bond motifs is 1. The van der Waals surface area contributed by atoms with E-state index in [0.29, 0.717) is 5.56 Å². The number of anilines is 2. The molecule has 1 fully saturated rings. The van der Waals surface area contributed by atoms with Gasteiger partial charge in [-0.1, -0.05) is 36.4 Å². The Kier molecular flexibility index (Phi) is 5.99. The fraction of sp³-hybridized carbons (Fsp3) is 0.250. The summed E-state index contributed by atoms with van der Waals surface area (Å²) in [5, 5.41) is 15.4. The molecule has 0 radical (unpaired) electrons. The van der Waals surface area contributed by atoms with Crippen molar-refractivity contribution in [2.75, 3.05) is 37.0 Å². The van der Waals surface area contributed by atoms with Crippen LogP contribution >= 0.6 is 0 Å². The Balaban J connectivity index is 1.61. The Hall–Kier alpha value is -3.77. The Morgan fingerprint density at radius 1 is 0.941 bits per heavy atom. The zero-order chi connectivity index (χ0) is 23.7. The summed E-state index contributed by atoms with van der Waals surface area (Å²) in [6.07, 6.45) is 0.879. The van der Waals surface area contributed by atoms with Gasteiger partial charge in [-0.2, -0.15) is 5.10 Å². The fourth-order valence-corrected chi connectivity index (χ4v) is 4.83. The Morgan fingerprint density at radius 3 is 2.32 bits per heavy atom. The highest BCUT2D eigenvalue weighted by Gasteiger charge is 2.33. The van der Waals surface area contributed by atoms with E-state index in [1.807, 2.05) is 38.4 Å². The van der Waals surface area contributed by atoms with Gasteiger partial charge in [0.15, 0.2) is 0 Å². The lowest BCUT2D eigenvalue weighted by atomic mass is 9.94. The number of carbonyl (C=O) groups is 1. The molecule has 34 heavy (non-hydrogen) atoms. The first-order chi connectivity index (χ1) is 16.6. The van der Waals surface area contributed by atoms with Crippen LogP contribution in [0.4, 0.5) is 11.4 Å². The first kappa shape index (κ1) is 22.0. The second-order valence-electron chi connectivity index (χ2n) is 9.01. The highest BCUT2D eigenvalue weighted by atomic mass is 16.1. The van der Waals surface area contributed by atoms with E-state index < -0.39 is 0 Å². The van der Waals surface area contributed by atoms with Crippen LogP contribution in [0.5, 0.6) is 0 Å². The van der Waals surface area contributed by atoms with E-state index in [-0.39, 0.29) is 12.1 Å². The Bertz CT molecular complexity index is 1300. The maximum absolute atomic E-state index is 11.1. The van der Waals surface area contributed by atoms with Crippen LogP contribution in [-0.2, 0) is 0 Å². The van der Waals surface area contributed by atoms with Gasteiger partial charge in [-0.15, -0.1) is 5.10 Å². The lowest BCUT2D eigenvalue weighted by molar-refractivity contribution is 0.112. The van der Waals surface area contributed by atoms with Gasteiger partial charge < -0.3 is 15.1 Å². The number of hydrogen-bond acceptors (Lipinski definition) is 6. The summed E-state index contributed by atoms with van der Waals surface area (Å²) in [6.45, 7) is 3.93. The molecule has 1 aliphatic rings. The predicted octanol–water partition coefficient (Wildman–Crippen LogP) is 4.71. The van der Waals surface area contributed by atoms with E-state index in [0.717, 1.165) is 58.5 Å². The summed E-state index contributed by atoms with van der Waals surface area (Å²) in [5.74, 6) is 0. The molecule has 5 rings (SSSR count). The van der Waals surface area contributed by atoms with Gasteiger partial charge >= 0.3 is 0 Å². The summed E-state index contributed by atoms with van der Waals surface area (Å²) in [6, 6.07) is 24.8. The first-order valence-electron chi connectivity index (χ1n) is 11.6. The zero-order valence-electron chi connectivity index (χ0n) is 19.8. The summed E-state index contributed by atoms with van der Waals surface area (Å²) in [5.41, 5.74) is 5.82. The number of hydrogen-bond donors (Lipinski definition) is 1. The van der Waals surface area contributed by atoms with Crippen LogP contribution in [0.2, 0.25) is 0 Å². The molecular formula is C28H29N5O. The first-order valence-corrected chi connectivity index (χ1v) is 11.6. The lowest BCUT2D eigenvalue weighted by Crippen LogP contribution is -2.52. The van der Waals surface area contributed by atoms with Crippen LogP contribution in [0.25, 0.3) is 22.0 Å². The Labute approximate surface area is 200 Å². The molecule has 0 aliphatic carbocycles. The zero-order valence-corrected chi connectivity index (χ0v) is 19.8. The normalized spacial score (nSPS) is 18.1. The smallest absolute Gasteiger partial charge is 0.150 e. The highest BCUT2D eigenvalue weighted by molar-refractivity contribution is 5.96. The molecule has 1 saturated heterocycles. The van der Waals surface area contributed by atoms with Crippen LogP contribution in [0, 0.1) is 0 Å². The van der Waals surface area contributed by atoms with Crippen molar-refractivity contribution in [3.05, 3.63) is 84.1 Å². The number of carbonyl (C=O) groups excluding carboxylic acids is 1. The molecule has 6 heteroatoms. The van der Waals surface area contributed by atoms with Crippen molar-refractivity contribution in [3.8, 4) is 11.3 Å². The molecule has 1 aromatic heterocycles. The molecular weight excluding hydrogens is 422 g/mol. The maximum Gasteiger partial charge on any atom is 0.150 e. The number of nitrogens with zero attached hydrogens (tertiary/aromatic N) is 4. The quantitative estimate of drug-likeness (QED) is 0.443. The van der Waals surface area contributed by atoms with Gasteiger partial charge in [0.2, 0.25) is 0 Å². The molecule has 0 saturated carbocycles. The molecule has 0 bridgehead atoms. The van der Waals surface area contributed by atoms with Gasteiger partial charge in [0.1, 0.15) is 12.0 Å². The van der Waals surface area contributed by atoms with Crippen molar-refractivity contribution >= 4 is 28.4 Å². The lowest BCUT2D eigenvalue weighted by Gasteiger charge is -2.42. The highest BCUT2D eigenvalue weighted by Crippen LogP contribution is 2.36. The van der Waals surface area contributed by atoms with Crippen molar-refractivity contribution in [2.24, 2.45) is 0 Å². The minimum atomic E-state index is 0.0124. The molecule has 2 heterocycles. The van der Waals surface area contributed by atoms with Gasteiger partial charge in [0.05, 0.1) is 11.7 Å². The topological polar surface area (TPSA) is 61.4 Å². The average Bonchev–Trinajstić information content (AvgIpc) is 2.88. The van der Waals surface area contributed by atoms with Crippen molar-refractivity contribution < 1.29 is 4.79 Å². The SMILES string of the molecule is CC1NCCN(c2ccc(C=O)cc2)C1c1nnc(-c2ccc(N(C)C)cc2)c2ccccc12. The number of rotatable bonds is 5. The van der Waals surface area contributed by atoms with Crippen molar-refractivity contribution in [2.45, 2.75) is 19.0 Å². The average molecular weight is 452 g/mol. The van der Waals surface area contributed by atoms with E-state index in [2.05, 4.69) is 70.6 Å². The predicted molar refractivity (Wildman–Crippen MR) is 139 cm³/mol. The number of aromatic nitrogens is 2. The standard InChI is InChI=1S/C28H29N5O/c1-19-28(33(17-16-29-19)23-12-8-20(18-34)9-13-23)27-25-7-5-4-6-24(25)26(30-31-27)21-10-14-22(15-11-21)32(2)3/h4-15,18-19,28-29H,16-17H2,1-3H3. The number of benzene rings is 3. The molecule has 2 unspecified atom stereocenters. The van der Waals surface area contributed by atoms with Gasteiger partial charge in [-0.05, 0) is 43.3 Å². The van der Waals surface area contributed by atoms with Crippen molar-refractivity contribution in [1.29, 1.82) is 0 Å². The minimum Gasteiger partial charge on any atom is -0.378 e.